The van der Waals surface area contributed by atoms with E-state index in [4.69, 9.17) is 9.47 Å². The third-order valence-electron chi connectivity index (χ3n) is 4.27. The molecule has 3 rings (SSSR count). The monoisotopic (exact) mass is 377 g/mol. The van der Waals surface area contributed by atoms with Crippen molar-refractivity contribution in [1.82, 2.24) is 4.90 Å². The maximum Gasteiger partial charge on any atom is 0.416 e. The zero-order chi connectivity index (χ0) is 19.1. The average molecular weight is 377 g/mol. The zero-order valence-electron chi connectivity index (χ0n) is 14.9. The summed E-state index contributed by atoms with van der Waals surface area (Å²) in [5, 5.41) is 0. The van der Waals surface area contributed by atoms with E-state index in [9.17, 15) is 13.2 Å². The highest BCUT2D eigenvalue weighted by atomic mass is 19.4. The molecule has 2 aromatic carbocycles. The molecule has 1 aliphatic rings. The second-order valence-corrected chi connectivity index (χ2v) is 6.36. The molecule has 0 bridgehead atoms. The third kappa shape index (κ3) is 6.03. The molecular weight excluding hydrogens is 355 g/mol. The minimum atomic E-state index is -4.35. The fourth-order valence-electron chi connectivity index (χ4n) is 2.82. The van der Waals surface area contributed by atoms with E-state index in [0.717, 1.165) is 50.4 Å². The Morgan fingerprint density at radius 1 is 0.852 bits per heavy atom. The molecule has 2 aromatic rings. The Balaban J connectivity index is 1.43. The lowest BCUT2D eigenvalue weighted by Gasteiger charge is -2.22. The predicted molar refractivity (Wildman–Crippen MR) is 98.3 cm³/mol. The molecule has 0 saturated heterocycles. The van der Waals surface area contributed by atoms with Crippen LogP contribution >= 0.6 is 0 Å². The summed E-state index contributed by atoms with van der Waals surface area (Å²) in [6.07, 6.45) is 2.13. The molecule has 0 radical (unpaired) electrons. The molecule has 0 spiro atoms. The van der Waals surface area contributed by atoms with Gasteiger partial charge in [-0.1, -0.05) is 12.2 Å². The minimum Gasteiger partial charge on any atom is -0.494 e. The lowest BCUT2D eigenvalue weighted by atomic mass is 10.2. The van der Waals surface area contributed by atoms with Gasteiger partial charge in [0.25, 0.3) is 0 Å². The van der Waals surface area contributed by atoms with Gasteiger partial charge in [-0.05, 0) is 61.4 Å². The summed E-state index contributed by atoms with van der Waals surface area (Å²) in [4.78, 5) is 2.39. The van der Waals surface area contributed by atoms with Crippen molar-refractivity contribution in [1.29, 1.82) is 0 Å². The van der Waals surface area contributed by atoms with Crippen molar-refractivity contribution < 1.29 is 22.6 Å². The second-order valence-electron chi connectivity index (χ2n) is 6.36. The molecule has 0 aromatic heterocycles. The van der Waals surface area contributed by atoms with Crippen molar-refractivity contribution in [3.05, 3.63) is 66.2 Å². The van der Waals surface area contributed by atoms with Crippen molar-refractivity contribution in [3.8, 4) is 17.2 Å². The average Bonchev–Trinajstić information content (AvgIpc) is 2.67. The molecule has 0 N–H and O–H groups in total. The summed E-state index contributed by atoms with van der Waals surface area (Å²) in [6, 6.07) is 11.7. The molecule has 1 heterocycles. The van der Waals surface area contributed by atoms with Crippen LogP contribution < -0.4 is 9.47 Å². The van der Waals surface area contributed by atoms with Crippen LogP contribution in [0.1, 0.15) is 18.4 Å². The van der Waals surface area contributed by atoms with E-state index < -0.39 is 11.7 Å². The maximum atomic E-state index is 12.6. The molecule has 0 saturated carbocycles. The molecule has 0 amide bonds. The van der Waals surface area contributed by atoms with Gasteiger partial charge >= 0.3 is 6.18 Å². The van der Waals surface area contributed by atoms with Crippen LogP contribution in [0.25, 0.3) is 0 Å². The largest absolute Gasteiger partial charge is 0.494 e. The number of nitrogens with zero attached hydrogens (tertiary/aromatic N) is 1. The zero-order valence-corrected chi connectivity index (χ0v) is 14.9. The van der Waals surface area contributed by atoms with Gasteiger partial charge in [-0.25, -0.2) is 0 Å². The van der Waals surface area contributed by atoms with Gasteiger partial charge < -0.3 is 9.47 Å². The standard InChI is InChI=1S/C21H22F3NO2/c22-21(23,24)17-5-7-19(8-6-17)27-20-11-9-18(10-12-20)26-16-4-15-25-13-2-1-3-14-25/h1-2,5-12H,3-4,13-16H2. The van der Waals surface area contributed by atoms with Crippen molar-refractivity contribution in [3.63, 3.8) is 0 Å². The van der Waals surface area contributed by atoms with Crippen LogP contribution in [0, 0.1) is 0 Å². The molecule has 0 atom stereocenters. The van der Waals surface area contributed by atoms with Gasteiger partial charge in [0, 0.05) is 19.6 Å². The summed E-state index contributed by atoms with van der Waals surface area (Å²) in [6.45, 7) is 3.77. The second kappa shape index (κ2) is 8.95. The SMILES string of the molecule is FC(F)(F)c1ccc(Oc2ccc(OCCCN3CC=CCC3)cc2)cc1. The molecule has 0 fully saturated rings. The number of benzene rings is 2. The molecule has 6 heteroatoms. The first-order chi connectivity index (χ1) is 13.0. The Morgan fingerprint density at radius 3 is 2.07 bits per heavy atom. The normalized spacial score (nSPS) is 14.9. The number of ether oxygens (including phenoxy) is 2. The maximum absolute atomic E-state index is 12.6. The lowest BCUT2D eigenvalue weighted by Crippen LogP contribution is -2.29. The fraction of sp³-hybridized carbons (Fsp3) is 0.333. The van der Waals surface area contributed by atoms with E-state index in [1.165, 1.54) is 12.1 Å². The van der Waals surface area contributed by atoms with E-state index >= 15 is 0 Å². The van der Waals surface area contributed by atoms with Crippen molar-refractivity contribution in [2.24, 2.45) is 0 Å². The van der Waals surface area contributed by atoms with Crippen LogP contribution in [0.5, 0.6) is 17.2 Å². The highest BCUT2D eigenvalue weighted by Gasteiger charge is 2.30. The predicted octanol–water partition coefficient (Wildman–Crippen LogP) is 5.53. The Bertz CT molecular complexity index is 740. The summed E-state index contributed by atoms with van der Waals surface area (Å²) in [7, 11) is 0. The Kier molecular flexibility index (Phi) is 6.40. The van der Waals surface area contributed by atoms with Gasteiger partial charge in [-0.2, -0.15) is 13.2 Å². The topological polar surface area (TPSA) is 21.7 Å². The van der Waals surface area contributed by atoms with Crippen LogP contribution in [-0.2, 0) is 6.18 Å². The van der Waals surface area contributed by atoms with Gasteiger partial charge in [-0.3, -0.25) is 4.90 Å². The molecule has 0 aliphatic carbocycles. The number of hydrogen-bond donors (Lipinski definition) is 0. The first kappa shape index (κ1) is 19.3. The van der Waals surface area contributed by atoms with Gasteiger partial charge in [0.15, 0.2) is 0 Å². The van der Waals surface area contributed by atoms with Crippen LogP contribution in [0.3, 0.4) is 0 Å². The first-order valence-corrected chi connectivity index (χ1v) is 8.96. The Morgan fingerprint density at radius 2 is 1.48 bits per heavy atom. The number of halogens is 3. The van der Waals surface area contributed by atoms with Crippen LogP contribution in [0.15, 0.2) is 60.7 Å². The van der Waals surface area contributed by atoms with Gasteiger partial charge in [-0.15, -0.1) is 0 Å². The third-order valence-corrected chi connectivity index (χ3v) is 4.27. The molecule has 144 valence electrons. The minimum absolute atomic E-state index is 0.354. The van der Waals surface area contributed by atoms with Gasteiger partial charge in [0.1, 0.15) is 17.2 Å². The summed E-state index contributed by atoms with van der Waals surface area (Å²) < 4.78 is 49.0. The van der Waals surface area contributed by atoms with Crippen LogP contribution in [-0.4, -0.2) is 31.1 Å². The Labute approximate surface area is 157 Å². The number of hydrogen-bond acceptors (Lipinski definition) is 3. The molecule has 1 aliphatic heterocycles. The summed E-state index contributed by atoms with van der Waals surface area (Å²) in [5.41, 5.74) is -0.695. The number of alkyl halides is 3. The first-order valence-electron chi connectivity index (χ1n) is 8.96. The lowest BCUT2D eigenvalue weighted by molar-refractivity contribution is -0.137. The quantitative estimate of drug-likeness (QED) is 0.468. The van der Waals surface area contributed by atoms with E-state index in [1.54, 1.807) is 24.3 Å². The molecule has 27 heavy (non-hydrogen) atoms. The van der Waals surface area contributed by atoms with Crippen molar-refractivity contribution >= 4 is 0 Å². The highest BCUT2D eigenvalue weighted by molar-refractivity contribution is 5.36. The highest BCUT2D eigenvalue weighted by Crippen LogP contribution is 2.31. The fourth-order valence-corrected chi connectivity index (χ4v) is 2.82. The molecule has 3 nitrogen and oxygen atoms in total. The van der Waals surface area contributed by atoms with Crippen molar-refractivity contribution in [2.75, 3.05) is 26.2 Å². The van der Waals surface area contributed by atoms with Gasteiger partial charge in [0.05, 0.1) is 12.2 Å². The van der Waals surface area contributed by atoms with Gasteiger partial charge in [0.2, 0.25) is 0 Å². The molecular formula is C21H22F3NO2. The van der Waals surface area contributed by atoms with E-state index in [2.05, 4.69) is 17.1 Å². The van der Waals surface area contributed by atoms with E-state index in [-0.39, 0.29) is 0 Å². The smallest absolute Gasteiger partial charge is 0.416 e. The van der Waals surface area contributed by atoms with Crippen LogP contribution in [0.4, 0.5) is 13.2 Å². The van der Waals surface area contributed by atoms with Crippen molar-refractivity contribution in [2.45, 2.75) is 19.0 Å². The van der Waals surface area contributed by atoms with Crippen LogP contribution in [0.2, 0.25) is 0 Å². The number of rotatable bonds is 7. The summed E-state index contributed by atoms with van der Waals surface area (Å²) in [5.74, 6) is 1.64. The Hall–Kier alpha value is -2.47. The van der Waals surface area contributed by atoms with E-state index in [1.807, 2.05) is 0 Å². The molecule has 0 unspecified atom stereocenters. The van der Waals surface area contributed by atoms with E-state index in [0.29, 0.717) is 18.1 Å². The summed E-state index contributed by atoms with van der Waals surface area (Å²) >= 11 is 0.